The maximum atomic E-state index is 5.15. The molecule has 0 aromatic carbocycles. The smallest absolute Gasteiger partial charge is 0.157 e. The molecular formula is C13H19N5O. The molecule has 3 heterocycles. The molecule has 102 valence electrons. The lowest BCUT2D eigenvalue weighted by Gasteiger charge is -2.29. The van der Waals surface area contributed by atoms with Crippen LogP contribution in [0.4, 0.5) is 5.82 Å². The molecule has 0 saturated carbocycles. The average molecular weight is 261 g/mol. The van der Waals surface area contributed by atoms with Crippen LogP contribution in [-0.4, -0.2) is 47.9 Å². The van der Waals surface area contributed by atoms with Gasteiger partial charge in [0, 0.05) is 51.1 Å². The van der Waals surface area contributed by atoms with E-state index in [4.69, 9.17) is 4.74 Å². The Morgan fingerprint density at radius 3 is 2.84 bits per heavy atom. The van der Waals surface area contributed by atoms with Crippen molar-refractivity contribution in [3.8, 4) is 0 Å². The van der Waals surface area contributed by atoms with Gasteiger partial charge in [-0.15, -0.1) is 0 Å². The van der Waals surface area contributed by atoms with Crippen LogP contribution in [0.3, 0.4) is 0 Å². The van der Waals surface area contributed by atoms with Gasteiger partial charge in [0.1, 0.15) is 5.82 Å². The van der Waals surface area contributed by atoms with Crippen molar-refractivity contribution in [2.24, 2.45) is 0 Å². The minimum Gasteiger partial charge on any atom is -0.378 e. The van der Waals surface area contributed by atoms with Gasteiger partial charge >= 0.3 is 0 Å². The Morgan fingerprint density at radius 2 is 2.11 bits per heavy atom. The molecule has 6 heteroatoms. The van der Waals surface area contributed by atoms with Crippen LogP contribution in [0, 0.1) is 6.92 Å². The van der Waals surface area contributed by atoms with Crippen molar-refractivity contribution in [1.82, 2.24) is 19.9 Å². The molecule has 0 bridgehead atoms. The molecule has 0 unspecified atom stereocenters. The van der Waals surface area contributed by atoms with Crippen LogP contribution < -0.4 is 10.2 Å². The van der Waals surface area contributed by atoms with E-state index in [1.165, 1.54) is 0 Å². The van der Waals surface area contributed by atoms with Gasteiger partial charge in [-0.25, -0.2) is 4.98 Å². The van der Waals surface area contributed by atoms with Crippen LogP contribution in [-0.2, 0) is 11.3 Å². The third-order valence-electron chi connectivity index (χ3n) is 3.32. The van der Waals surface area contributed by atoms with E-state index in [9.17, 15) is 0 Å². The van der Waals surface area contributed by atoms with Gasteiger partial charge in [-0.1, -0.05) is 0 Å². The Labute approximate surface area is 112 Å². The average Bonchev–Trinajstić information content (AvgIpc) is 2.81. The molecule has 0 aliphatic carbocycles. The minimum atomic E-state index is 0.517. The Bertz CT molecular complexity index is 574. The Hall–Kier alpha value is -1.66. The number of fused-ring (bicyclic) bond motifs is 1. The van der Waals surface area contributed by atoms with E-state index in [0.717, 1.165) is 49.0 Å². The van der Waals surface area contributed by atoms with Crippen molar-refractivity contribution in [2.75, 3.05) is 38.2 Å². The number of anilines is 1. The van der Waals surface area contributed by atoms with Gasteiger partial charge < -0.3 is 15.0 Å². The van der Waals surface area contributed by atoms with E-state index in [1.807, 2.05) is 17.5 Å². The second kappa shape index (κ2) is 5.14. The largest absolute Gasteiger partial charge is 0.378 e. The van der Waals surface area contributed by atoms with E-state index in [0.29, 0.717) is 6.61 Å². The molecule has 0 atom stereocenters. The molecule has 2 aromatic rings. The summed E-state index contributed by atoms with van der Waals surface area (Å²) in [6, 6.07) is 4.09. The second-order valence-corrected chi connectivity index (χ2v) is 4.83. The Balaban J connectivity index is 2.05. The van der Waals surface area contributed by atoms with Crippen molar-refractivity contribution in [3.05, 3.63) is 23.5 Å². The molecule has 1 N–H and O–H groups in total. The normalized spacial score (nSPS) is 16.2. The van der Waals surface area contributed by atoms with Crippen LogP contribution in [0.5, 0.6) is 0 Å². The molecule has 1 saturated heterocycles. The number of piperazine rings is 1. The highest BCUT2D eigenvalue weighted by Gasteiger charge is 2.16. The molecular weight excluding hydrogens is 242 g/mol. The fourth-order valence-electron chi connectivity index (χ4n) is 2.47. The third-order valence-corrected chi connectivity index (χ3v) is 3.32. The van der Waals surface area contributed by atoms with E-state index >= 15 is 0 Å². The first kappa shape index (κ1) is 12.4. The fraction of sp³-hybridized carbons (Fsp3) is 0.538. The lowest BCUT2D eigenvalue weighted by Crippen LogP contribution is -2.44. The molecule has 1 aliphatic heterocycles. The first-order valence-corrected chi connectivity index (χ1v) is 6.59. The number of hydrogen-bond acceptors (Lipinski definition) is 5. The van der Waals surface area contributed by atoms with Crippen molar-refractivity contribution in [2.45, 2.75) is 13.5 Å². The summed E-state index contributed by atoms with van der Waals surface area (Å²) in [6.07, 6.45) is 0. The number of nitrogens with one attached hydrogen (secondary N) is 1. The lowest BCUT2D eigenvalue weighted by atomic mass is 10.3. The quantitative estimate of drug-likeness (QED) is 0.876. The zero-order valence-electron chi connectivity index (χ0n) is 11.4. The predicted molar refractivity (Wildman–Crippen MR) is 73.5 cm³/mol. The summed E-state index contributed by atoms with van der Waals surface area (Å²) in [5, 5.41) is 7.95. The SMILES string of the molecule is COCc1cc2nc(C)cc(N3CCNCC3)n2n1. The number of ether oxygens (including phenoxy) is 1. The van der Waals surface area contributed by atoms with Gasteiger partial charge in [-0.3, -0.25) is 0 Å². The van der Waals surface area contributed by atoms with Gasteiger partial charge in [-0.2, -0.15) is 9.61 Å². The summed E-state index contributed by atoms with van der Waals surface area (Å²) in [6.45, 7) is 6.55. The number of methoxy groups -OCH3 is 1. The molecule has 19 heavy (non-hydrogen) atoms. The van der Waals surface area contributed by atoms with Crippen molar-refractivity contribution in [1.29, 1.82) is 0 Å². The van der Waals surface area contributed by atoms with Crippen LogP contribution in [0.15, 0.2) is 12.1 Å². The van der Waals surface area contributed by atoms with Crippen molar-refractivity contribution >= 4 is 11.5 Å². The molecule has 0 radical (unpaired) electrons. The number of aromatic nitrogens is 3. The second-order valence-electron chi connectivity index (χ2n) is 4.83. The van der Waals surface area contributed by atoms with Crippen LogP contribution >= 0.6 is 0 Å². The summed E-state index contributed by atoms with van der Waals surface area (Å²) in [7, 11) is 1.68. The first-order valence-electron chi connectivity index (χ1n) is 6.59. The first-order chi connectivity index (χ1) is 9.28. The summed E-state index contributed by atoms with van der Waals surface area (Å²) in [5.74, 6) is 1.12. The third kappa shape index (κ3) is 2.41. The number of nitrogens with zero attached hydrogens (tertiary/aromatic N) is 4. The Kier molecular flexibility index (Phi) is 3.35. The number of rotatable bonds is 3. The monoisotopic (exact) mass is 261 g/mol. The number of hydrogen-bond donors (Lipinski definition) is 1. The maximum absolute atomic E-state index is 5.15. The van der Waals surface area contributed by atoms with Crippen LogP contribution in [0.25, 0.3) is 5.65 Å². The zero-order valence-corrected chi connectivity index (χ0v) is 11.4. The highest BCUT2D eigenvalue weighted by molar-refractivity contribution is 5.52. The lowest BCUT2D eigenvalue weighted by molar-refractivity contribution is 0.181. The van der Waals surface area contributed by atoms with Gasteiger partial charge in [0.15, 0.2) is 5.65 Å². The minimum absolute atomic E-state index is 0.517. The van der Waals surface area contributed by atoms with Crippen molar-refractivity contribution < 1.29 is 4.74 Å². The topological polar surface area (TPSA) is 54.7 Å². The van der Waals surface area contributed by atoms with E-state index in [1.54, 1.807) is 7.11 Å². The standard InChI is InChI=1S/C13H19N5O/c1-10-7-13(17-5-3-14-4-6-17)18-12(15-10)8-11(16-18)9-19-2/h7-8,14H,3-6,9H2,1-2H3. The van der Waals surface area contributed by atoms with Gasteiger partial charge in [0.25, 0.3) is 0 Å². The summed E-state index contributed by atoms with van der Waals surface area (Å²) in [4.78, 5) is 6.89. The molecule has 1 aliphatic rings. The fourth-order valence-corrected chi connectivity index (χ4v) is 2.47. The number of aryl methyl sites for hydroxylation is 1. The van der Waals surface area contributed by atoms with Gasteiger partial charge in [0.05, 0.1) is 12.3 Å². The van der Waals surface area contributed by atoms with Crippen LogP contribution in [0.2, 0.25) is 0 Å². The summed E-state index contributed by atoms with van der Waals surface area (Å²) in [5.41, 5.74) is 2.82. The Morgan fingerprint density at radius 1 is 1.32 bits per heavy atom. The molecule has 0 spiro atoms. The molecule has 1 fully saturated rings. The molecule has 2 aromatic heterocycles. The summed E-state index contributed by atoms with van der Waals surface area (Å²) < 4.78 is 7.07. The van der Waals surface area contributed by atoms with Crippen LogP contribution in [0.1, 0.15) is 11.4 Å². The van der Waals surface area contributed by atoms with E-state index in [2.05, 4.69) is 26.4 Å². The molecule has 3 rings (SSSR count). The summed E-state index contributed by atoms with van der Waals surface area (Å²) >= 11 is 0. The molecule has 6 nitrogen and oxygen atoms in total. The highest BCUT2D eigenvalue weighted by Crippen LogP contribution is 2.18. The van der Waals surface area contributed by atoms with E-state index < -0.39 is 0 Å². The van der Waals surface area contributed by atoms with Crippen molar-refractivity contribution in [3.63, 3.8) is 0 Å². The van der Waals surface area contributed by atoms with E-state index in [-0.39, 0.29) is 0 Å². The molecule has 0 amide bonds. The maximum Gasteiger partial charge on any atom is 0.157 e. The van der Waals surface area contributed by atoms with Gasteiger partial charge in [-0.05, 0) is 6.92 Å². The highest BCUT2D eigenvalue weighted by atomic mass is 16.5. The predicted octanol–water partition coefficient (Wildman–Crippen LogP) is 0.594. The van der Waals surface area contributed by atoms with Gasteiger partial charge in [0.2, 0.25) is 0 Å². The zero-order chi connectivity index (χ0) is 13.2.